The lowest BCUT2D eigenvalue weighted by atomic mass is 9.84. The van der Waals surface area contributed by atoms with E-state index in [0.717, 1.165) is 11.3 Å². The normalized spacial score (nSPS) is 14.9. The maximum atomic E-state index is 13.2. The molecule has 1 atom stereocenters. The number of hydrogen-bond acceptors (Lipinski definition) is 6. The smallest absolute Gasteiger partial charge is 0.258 e. The Hall–Kier alpha value is -4.18. The Kier molecular flexibility index (Phi) is 5.61. The van der Waals surface area contributed by atoms with E-state index in [9.17, 15) is 10.1 Å². The van der Waals surface area contributed by atoms with Crippen LogP contribution in [0, 0.1) is 18.3 Å². The van der Waals surface area contributed by atoms with E-state index in [4.69, 9.17) is 19.9 Å². The lowest BCUT2D eigenvalue weighted by Gasteiger charge is -2.27. The SMILES string of the molecule is COc1ccc(C2C(C#N)=C(N)Oc3cc(C)n(C)c(=O)c32)cc1OCc1ccccc1. The van der Waals surface area contributed by atoms with Gasteiger partial charge in [0.15, 0.2) is 11.5 Å². The number of nitriles is 1. The van der Waals surface area contributed by atoms with Gasteiger partial charge in [0.1, 0.15) is 24.0 Å². The summed E-state index contributed by atoms with van der Waals surface area (Å²) in [5.41, 5.74) is 8.77. The first-order valence-electron chi connectivity index (χ1n) is 10.1. The molecular weight excluding hydrogens is 406 g/mol. The lowest BCUT2D eigenvalue weighted by molar-refractivity contribution is 0.284. The molecule has 0 spiro atoms. The molecule has 2 heterocycles. The summed E-state index contributed by atoms with van der Waals surface area (Å²) in [6.07, 6.45) is 0. The maximum Gasteiger partial charge on any atom is 0.258 e. The Morgan fingerprint density at radius 3 is 2.59 bits per heavy atom. The summed E-state index contributed by atoms with van der Waals surface area (Å²) in [4.78, 5) is 13.2. The van der Waals surface area contributed by atoms with E-state index in [1.165, 1.54) is 4.57 Å². The van der Waals surface area contributed by atoms with Gasteiger partial charge in [-0.05, 0) is 30.2 Å². The van der Waals surface area contributed by atoms with Gasteiger partial charge in [-0.15, -0.1) is 0 Å². The largest absolute Gasteiger partial charge is 0.493 e. The van der Waals surface area contributed by atoms with E-state index in [2.05, 4.69) is 6.07 Å². The molecule has 7 heteroatoms. The first kappa shape index (κ1) is 21.1. The van der Waals surface area contributed by atoms with Gasteiger partial charge in [-0.2, -0.15) is 5.26 Å². The second kappa shape index (κ2) is 8.52. The third-order valence-corrected chi connectivity index (χ3v) is 5.61. The number of aromatic nitrogens is 1. The zero-order chi connectivity index (χ0) is 22.8. The summed E-state index contributed by atoms with van der Waals surface area (Å²) >= 11 is 0. The first-order chi connectivity index (χ1) is 15.4. The summed E-state index contributed by atoms with van der Waals surface area (Å²) in [7, 11) is 3.25. The number of rotatable bonds is 5. The lowest BCUT2D eigenvalue weighted by Crippen LogP contribution is -2.31. The predicted molar refractivity (Wildman–Crippen MR) is 119 cm³/mol. The standard InChI is InChI=1S/C25H23N3O4/c1-15-11-21-23(25(29)28(15)2)22(18(13-26)24(27)32-21)17-9-10-19(30-3)20(12-17)31-14-16-7-5-4-6-8-16/h4-12,22H,14,27H2,1-3H3. The van der Waals surface area contributed by atoms with E-state index in [1.54, 1.807) is 38.4 Å². The van der Waals surface area contributed by atoms with Crippen molar-refractivity contribution in [3.63, 3.8) is 0 Å². The highest BCUT2D eigenvalue weighted by Crippen LogP contribution is 2.42. The quantitative estimate of drug-likeness (QED) is 0.666. The van der Waals surface area contributed by atoms with Crippen molar-refractivity contribution in [2.45, 2.75) is 19.4 Å². The molecule has 0 saturated carbocycles. The van der Waals surface area contributed by atoms with Crippen LogP contribution >= 0.6 is 0 Å². The minimum Gasteiger partial charge on any atom is -0.493 e. The third-order valence-electron chi connectivity index (χ3n) is 5.61. The molecule has 2 N–H and O–H groups in total. The average molecular weight is 429 g/mol. The van der Waals surface area contributed by atoms with Crippen LogP contribution in [0.4, 0.5) is 0 Å². The predicted octanol–water partition coefficient (Wildman–Crippen LogP) is 3.50. The first-order valence-corrected chi connectivity index (χ1v) is 10.1. The molecule has 1 aliphatic heterocycles. The molecule has 162 valence electrons. The molecule has 0 fully saturated rings. The molecule has 7 nitrogen and oxygen atoms in total. The van der Waals surface area contributed by atoms with Gasteiger partial charge in [-0.3, -0.25) is 4.79 Å². The zero-order valence-electron chi connectivity index (χ0n) is 18.1. The van der Waals surface area contributed by atoms with Crippen LogP contribution in [0.5, 0.6) is 17.2 Å². The van der Waals surface area contributed by atoms with E-state index in [1.807, 2.05) is 37.3 Å². The van der Waals surface area contributed by atoms with Gasteiger partial charge in [-0.25, -0.2) is 0 Å². The molecule has 1 unspecified atom stereocenters. The van der Waals surface area contributed by atoms with E-state index >= 15 is 0 Å². The molecule has 3 aromatic rings. The molecule has 0 radical (unpaired) electrons. The number of pyridine rings is 1. The third kappa shape index (κ3) is 3.67. The van der Waals surface area contributed by atoms with Crippen molar-refractivity contribution in [1.82, 2.24) is 4.57 Å². The monoisotopic (exact) mass is 429 g/mol. The van der Waals surface area contributed by atoms with Gasteiger partial charge in [0.05, 0.1) is 18.6 Å². The minimum atomic E-state index is -0.687. The Morgan fingerprint density at radius 2 is 1.91 bits per heavy atom. The number of nitrogens with zero attached hydrogens (tertiary/aromatic N) is 2. The summed E-state index contributed by atoms with van der Waals surface area (Å²) in [6.45, 7) is 2.15. The Labute approximate surface area is 185 Å². The number of methoxy groups -OCH3 is 1. The second-order valence-electron chi connectivity index (χ2n) is 7.54. The van der Waals surface area contributed by atoms with Crippen LogP contribution < -0.4 is 25.5 Å². The molecule has 2 aromatic carbocycles. The Morgan fingerprint density at radius 1 is 1.16 bits per heavy atom. The van der Waals surface area contributed by atoms with Crippen molar-refractivity contribution in [2.24, 2.45) is 12.8 Å². The molecule has 1 aromatic heterocycles. The van der Waals surface area contributed by atoms with Crippen molar-refractivity contribution < 1.29 is 14.2 Å². The summed E-state index contributed by atoms with van der Waals surface area (Å²) in [5, 5.41) is 9.82. The molecule has 0 aliphatic carbocycles. The van der Waals surface area contributed by atoms with Crippen molar-refractivity contribution in [3.05, 3.63) is 98.8 Å². The molecule has 0 saturated heterocycles. The summed E-state index contributed by atoms with van der Waals surface area (Å²) in [5.74, 6) is 0.703. The highest BCUT2D eigenvalue weighted by molar-refractivity contribution is 5.57. The average Bonchev–Trinajstić information content (AvgIpc) is 2.81. The highest BCUT2D eigenvalue weighted by Gasteiger charge is 2.34. The number of hydrogen-bond donors (Lipinski definition) is 1. The molecule has 0 bridgehead atoms. The summed E-state index contributed by atoms with van der Waals surface area (Å²) in [6, 6.07) is 19.0. The zero-order valence-corrected chi connectivity index (χ0v) is 18.1. The molecule has 4 rings (SSSR count). The topological polar surface area (TPSA) is 99.5 Å². The van der Waals surface area contributed by atoms with Crippen LogP contribution in [-0.2, 0) is 13.7 Å². The van der Waals surface area contributed by atoms with Crippen LogP contribution in [0.15, 0.2) is 70.8 Å². The molecule has 32 heavy (non-hydrogen) atoms. The number of benzene rings is 2. The van der Waals surface area contributed by atoms with E-state index < -0.39 is 5.92 Å². The van der Waals surface area contributed by atoms with Gasteiger partial charge >= 0.3 is 0 Å². The maximum absolute atomic E-state index is 13.2. The Bertz CT molecular complexity index is 1300. The number of ether oxygens (including phenoxy) is 3. The number of aryl methyl sites for hydroxylation is 1. The van der Waals surface area contributed by atoms with Crippen LogP contribution in [0.2, 0.25) is 0 Å². The van der Waals surface area contributed by atoms with Crippen molar-refractivity contribution in [1.29, 1.82) is 5.26 Å². The number of fused-ring (bicyclic) bond motifs is 1. The second-order valence-corrected chi connectivity index (χ2v) is 7.54. The molecular formula is C25H23N3O4. The van der Waals surface area contributed by atoms with Gasteiger partial charge in [0.2, 0.25) is 5.88 Å². The van der Waals surface area contributed by atoms with E-state index in [-0.39, 0.29) is 17.0 Å². The fourth-order valence-electron chi connectivity index (χ4n) is 3.79. The number of allylic oxidation sites excluding steroid dienone is 1. The number of nitrogens with two attached hydrogens (primary N) is 1. The van der Waals surface area contributed by atoms with E-state index in [0.29, 0.717) is 35.0 Å². The Balaban J connectivity index is 1.83. The van der Waals surface area contributed by atoms with Crippen LogP contribution in [0.25, 0.3) is 0 Å². The minimum absolute atomic E-state index is 0.0137. The van der Waals surface area contributed by atoms with Crippen molar-refractivity contribution in [2.75, 3.05) is 7.11 Å². The van der Waals surface area contributed by atoms with Crippen molar-refractivity contribution in [3.8, 4) is 23.3 Å². The molecule has 1 aliphatic rings. The fourth-order valence-corrected chi connectivity index (χ4v) is 3.79. The van der Waals surface area contributed by atoms with Gasteiger partial charge in [0, 0.05) is 18.8 Å². The fraction of sp³-hybridized carbons (Fsp3) is 0.200. The van der Waals surface area contributed by atoms with Crippen LogP contribution in [0.1, 0.15) is 28.3 Å². The van der Waals surface area contributed by atoms with Gasteiger partial charge in [0.25, 0.3) is 5.56 Å². The molecule has 0 amide bonds. The highest BCUT2D eigenvalue weighted by atomic mass is 16.5. The van der Waals surface area contributed by atoms with Gasteiger partial charge < -0.3 is 24.5 Å². The van der Waals surface area contributed by atoms with Gasteiger partial charge in [-0.1, -0.05) is 36.4 Å². The summed E-state index contributed by atoms with van der Waals surface area (Å²) < 4.78 is 18.7. The van der Waals surface area contributed by atoms with Crippen LogP contribution in [0.3, 0.4) is 0 Å². The van der Waals surface area contributed by atoms with Crippen molar-refractivity contribution >= 4 is 0 Å². The van der Waals surface area contributed by atoms with Crippen LogP contribution in [-0.4, -0.2) is 11.7 Å².